The van der Waals surface area contributed by atoms with Gasteiger partial charge in [0.2, 0.25) is 5.91 Å². The molecule has 4 heteroatoms. The molecule has 0 saturated carbocycles. The summed E-state index contributed by atoms with van der Waals surface area (Å²) in [5.41, 5.74) is 1.35. The fourth-order valence-electron chi connectivity index (χ4n) is 3.42. The predicted octanol–water partition coefficient (Wildman–Crippen LogP) is 1.77. The van der Waals surface area contributed by atoms with E-state index in [-0.39, 0.29) is 11.9 Å². The SMILES string of the molecule is CC1CC(c2ccccc2)CN1C(=O)CC1COCCN1. The van der Waals surface area contributed by atoms with Crippen LogP contribution in [0.3, 0.4) is 0 Å². The van der Waals surface area contributed by atoms with Crippen molar-refractivity contribution in [1.29, 1.82) is 0 Å². The van der Waals surface area contributed by atoms with Crippen LogP contribution in [-0.2, 0) is 9.53 Å². The molecule has 114 valence electrons. The Morgan fingerprint density at radius 3 is 2.90 bits per heavy atom. The zero-order valence-corrected chi connectivity index (χ0v) is 12.6. The lowest BCUT2D eigenvalue weighted by atomic mass is 9.97. The van der Waals surface area contributed by atoms with Gasteiger partial charge in [0, 0.05) is 37.5 Å². The number of hydrogen-bond donors (Lipinski definition) is 1. The molecule has 0 spiro atoms. The van der Waals surface area contributed by atoms with Crippen molar-refractivity contribution in [2.75, 3.05) is 26.3 Å². The van der Waals surface area contributed by atoms with Gasteiger partial charge in [0.05, 0.1) is 13.2 Å². The summed E-state index contributed by atoms with van der Waals surface area (Å²) in [5, 5.41) is 3.36. The van der Waals surface area contributed by atoms with Gasteiger partial charge in [0.25, 0.3) is 0 Å². The number of rotatable bonds is 3. The summed E-state index contributed by atoms with van der Waals surface area (Å²) >= 11 is 0. The van der Waals surface area contributed by atoms with Crippen LogP contribution in [-0.4, -0.2) is 49.2 Å². The van der Waals surface area contributed by atoms with Gasteiger partial charge in [-0.1, -0.05) is 30.3 Å². The third kappa shape index (κ3) is 3.44. The Balaban J connectivity index is 1.59. The molecule has 2 fully saturated rings. The largest absolute Gasteiger partial charge is 0.378 e. The second-order valence-electron chi connectivity index (χ2n) is 6.17. The molecule has 3 atom stereocenters. The van der Waals surface area contributed by atoms with Gasteiger partial charge in [-0.2, -0.15) is 0 Å². The first-order chi connectivity index (χ1) is 10.2. The third-order valence-corrected chi connectivity index (χ3v) is 4.59. The zero-order chi connectivity index (χ0) is 14.7. The molecule has 2 heterocycles. The highest BCUT2D eigenvalue weighted by Gasteiger charge is 2.34. The van der Waals surface area contributed by atoms with Gasteiger partial charge < -0.3 is 15.0 Å². The first-order valence-electron chi connectivity index (χ1n) is 7.89. The number of hydrogen-bond acceptors (Lipinski definition) is 3. The van der Waals surface area contributed by atoms with E-state index in [1.165, 1.54) is 5.56 Å². The van der Waals surface area contributed by atoms with Gasteiger partial charge in [-0.05, 0) is 18.9 Å². The van der Waals surface area contributed by atoms with Crippen molar-refractivity contribution in [2.24, 2.45) is 0 Å². The molecule has 2 aliphatic heterocycles. The number of ether oxygens (including phenoxy) is 1. The molecule has 1 N–H and O–H groups in total. The lowest BCUT2D eigenvalue weighted by molar-refractivity contribution is -0.133. The van der Waals surface area contributed by atoms with Gasteiger partial charge >= 0.3 is 0 Å². The van der Waals surface area contributed by atoms with Crippen LogP contribution in [0.1, 0.15) is 31.2 Å². The molecular formula is C17H24N2O2. The number of morpholine rings is 1. The first kappa shape index (κ1) is 14.5. The number of likely N-dealkylation sites (tertiary alicyclic amines) is 1. The molecule has 0 bridgehead atoms. The van der Waals surface area contributed by atoms with Crippen LogP contribution >= 0.6 is 0 Å². The topological polar surface area (TPSA) is 41.6 Å². The predicted molar refractivity (Wildman–Crippen MR) is 82.2 cm³/mol. The molecule has 3 unspecified atom stereocenters. The average molecular weight is 288 g/mol. The lowest BCUT2D eigenvalue weighted by Crippen LogP contribution is -2.45. The van der Waals surface area contributed by atoms with Crippen LogP contribution in [0.2, 0.25) is 0 Å². The van der Waals surface area contributed by atoms with Crippen molar-refractivity contribution in [2.45, 2.75) is 37.8 Å². The van der Waals surface area contributed by atoms with Gasteiger partial charge in [-0.15, -0.1) is 0 Å². The summed E-state index contributed by atoms with van der Waals surface area (Å²) in [6.45, 7) is 5.25. The maximum Gasteiger partial charge on any atom is 0.224 e. The van der Waals surface area contributed by atoms with Crippen LogP contribution in [0.25, 0.3) is 0 Å². The second-order valence-corrected chi connectivity index (χ2v) is 6.17. The zero-order valence-electron chi connectivity index (χ0n) is 12.6. The molecule has 4 nitrogen and oxygen atoms in total. The quantitative estimate of drug-likeness (QED) is 0.921. The van der Waals surface area contributed by atoms with E-state index < -0.39 is 0 Å². The van der Waals surface area contributed by atoms with E-state index in [1.807, 2.05) is 11.0 Å². The normalized spacial score (nSPS) is 29.6. The number of carbonyl (C=O) groups excluding carboxylic acids is 1. The molecule has 1 aromatic carbocycles. The minimum atomic E-state index is 0.175. The van der Waals surface area contributed by atoms with Crippen LogP contribution in [0.15, 0.2) is 30.3 Å². The lowest BCUT2D eigenvalue weighted by Gasteiger charge is -2.27. The summed E-state index contributed by atoms with van der Waals surface area (Å²) in [4.78, 5) is 14.6. The van der Waals surface area contributed by atoms with E-state index in [0.717, 1.165) is 26.1 Å². The van der Waals surface area contributed by atoms with Crippen molar-refractivity contribution in [1.82, 2.24) is 10.2 Å². The van der Waals surface area contributed by atoms with Gasteiger partial charge in [0.1, 0.15) is 0 Å². The molecule has 0 aliphatic carbocycles. The standard InChI is InChI=1S/C17H24N2O2/c1-13-9-15(14-5-3-2-4-6-14)11-19(13)17(20)10-16-12-21-8-7-18-16/h2-6,13,15-16,18H,7-12H2,1H3. The van der Waals surface area contributed by atoms with Crippen molar-refractivity contribution in [3.8, 4) is 0 Å². The monoisotopic (exact) mass is 288 g/mol. The Kier molecular flexibility index (Phi) is 4.56. The van der Waals surface area contributed by atoms with Crippen LogP contribution in [0, 0.1) is 0 Å². The molecule has 0 radical (unpaired) electrons. The Morgan fingerprint density at radius 1 is 1.38 bits per heavy atom. The highest BCUT2D eigenvalue weighted by molar-refractivity contribution is 5.77. The van der Waals surface area contributed by atoms with Crippen molar-refractivity contribution >= 4 is 5.91 Å². The third-order valence-electron chi connectivity index (χ3n) is 4.59. The molecule has 1 amide bonds. The van der Waals surface area contributed by atoms with Crippen molar-refractivity contribution in [3.05, 3.63) is 35.9 Å². The molecule has 21 heavy (non-hydrogen) atoms. The Morgan fingerprint density at radius 2 is 2.19 bits per heavy atom. The van der Waals surface area contributed by atoms with Crippen LogP contribution in [0.4, 0.5) is 0 Å². The van der Waals surface area contributed by atoms with E-state index >= 15 is 0 Å². The Bertz CT molecular complexity index is 471. The summed E-state index contributed by atoms with van der Waals surface area (Å²) in [6.07, 6.45) is 1.61. The van der Waals surface area contributed by atoms with Crippen molar-refractivity contribution < 1.29 is 9.53 Å². The Hall–Kier alpha value is -1.39. The summed E-state index contributed by atoms with van der Waals surface area (Å²) in [7, 11) is 0. The smallest absolute Gasteiger partial charge is 0.224 e. The number of amides is 1. The van der Waals surface area contributed by atoms with E-state index in [9.17, 15) is 4.79 Å². The summed E-state index contributed by atoms with van der Waals surface area (Å²) in [6, 6.07) is 11.0. The second kappa shape index (κ2) is 6.58. The maximum atomic E-state index is 12.5. The highest BCUT2D eigenvalue weighted by atomic mass is 16.5. The molecule has 2 saturated heterocycles. The van der Waals surface area contributed by atoms with Crippen molar-refractivity contribution in [3.63, 3.8) is 0 Å². The fraction of sp³-hybridized carbons (Fsp3) is 0.588. The van der Waals surface area contributed by atoms with Crippen LogP contribution < -0.4 is 5.32 Å². The van der Waals surface area contributed by atoms with E-state index in [0.29, 0.717) is 25.0 Å². The molecular weight excluding hydrogens is 264 g/mol. The molecule has 1 aromatic rings. The first-order valence-corrected chi connectivity index (χ1v) is 7.89. The van der Waals surface area contributed by atoms with E-state index in [4.69, 9.17) is 4.74 Å². The Labute approximate surface area is 126 Å². The maximum absolute atomic E-state index is 12.5. The average Bonchev–Trinajstić information content (AvgIpc) is 2.91. The number of benzene rings is 1. The minimum absolute atomic E-state index is 0.175. The molecule has 3 rings (SSSR count). The van der Waals surface area contributed by atoms with E-state index in [1.54, 1.807) is 0 Å². The highest BCUT2D eigenvalue weighted by Crippen LogP contribution is 2.31. The summed E-state index contributed by atoms with van der Waals surface area (Å²) in [5.74, 6) is 0.727. The minimum Gasteiger partial charge on any atom is -0.378 e. The van der Waals surface area contributed by atoms with E-state index in [2.05, 4.69) is 36.5 Å². The number of nitrogens with one attached hydrogen (secondary N) is 1. The van der Waals surface area contributed by atoms with Gasteiger partial charge in [-0.3, -0.25) is 4.79 Å². The summed E-state index contributed by atoms with van der Waals surface area (Å²) < 4.78 is 5.43. The van der Waals surface area contributed by atoms with Gasteiger partial charge in [-0.25, -0.2) is 0 Å². The number of nitrogens with zero attached hydrogens (tertiary/aromatic N) is 1. The molecule has 2 aliphatic rings. The van der Waals surface area contributed by atoms with Gasteiger partial charge in [0.15, 0.2) is 0 Å². The van der Waals surface area contributed by atoms with Crippen LogP contribution in [0.5, 0.6) is 0 Å². The number of carbonyl (C=O) groups is 1. The fourth-order valence-corrected chi connectivity index (χ4v) is 3.42. The molecule has 0 aromatic heterocycles.